The maximum atomic E-state index is 10.1. The highest BCUT2D eigenvalue weighted by molar-refractivity contribution is 5.38. The van der Waals surface area contributed by atoms with Crippen LogP contribution >= 0.6 is 0 Å². The maximum Gasteiger partial charge on any atom is 0.122 e. The van der Waals surface area contributed by atoms with Gasteiger partial charge >= 0.3 is 0 Å². The second kappa shape index (κ2) is 8.17. The van der Waals surface area contributed by atoms with Crippen molar-refractivity contribution in [3.63, 3.8) is 0 Å². The zero-order valence-corrected chi connectivity index (χ0v) is 12.8. The van der Waals surface area contributed by atoms with Crippen molar-refractivity contribution in [1.29, 1.82) is 0 Å². The smallest absolute Gasteiger partial charge is 0.122 e. The Bertz CT molecular complexity index is 455. The van der Waals surface area contributed by atoms with Crippen LogP contribution in [0.1, 0.15) is 11.1 Å². The standard InChI is InChI=1S/C17H25NO3/c1-3-4-15-11-14(2)5-6-17(15)21-13-16(19)12-18-7-9-20-10-8-18/h3,5-6,11,16,19H,1,4,7-10,12-13H2,2H3/t16-/m0/s1. The average molecular weight is 291 g/mol. The highest BCUT2D eigenvalue weighted by atomic mass is 16.5. The lowest BCUT2D eigenvalue weighted by molar-refractivity contribution is 0.00459. The number of hydrogen-bond acceptors (Lipinski definition) is 4. The Hall–Kier alpha value is -1.36. The Morgan fingerprint density at radius 1 is 1.43 bits per heavy atom. The average Bonchev–Trinajstić information content (AvgIpc) is 2.48. The van der Waals surface area contributed by atoms with Crippen molar-refractivity contribution >= 4 is 0 Å². The Morgan fingerprint density at radius 2 is 2.19 bits per heavy atom. The van der Waals surface area contributed by atoms with E-state index in [0.717, 1.165) is 44.0 Å². The molecule has 0 unspecified atom stereocenters. The summed E-state index contributed by atoms with van der Waals surface area (Å²) in [6.45, 7) is 10.0. The third-order valence-electron chi connectivity index (χ3n) is 3.58. The van der Waals surface area contributed by atoms with Gasteiger partial charge in [-0.3, -0.25) is 4.90 Å². The van der Waals surface area contributed by atoms with Gasteiger partial charge in [0.15, 0.2) is 0 Å². The van der Waals surface area contributed by atoms with Gasteiger partial charge in [0.2, 0.25) is 0 Å². The fourth-order valence-corrected chi connectivity index (χ4v) is 2.48. The number of β-amino-alcohol motifs (C(OH)–C–C–N with tert-alkyl or cyclic N) is 1. The second-order valence-corrected chi connectivity index (χ2v) is 5.48. The number of aliphatic hydroxyl groups excluding tert-OH is 1. The maximum absolute atomic E-state index is 10.1. The summed E-state index contributed by atoms with van der Waals surface area (Å²) >= 11 is 0. The Labute approximate surface area is 127 Å². The Balaban J connectivity index is 1.85. The first-order chi connectivity index (χ1) is 10.2. The van der Waals surface area contributed by atoms with Crippen LogP contribution in [0.3, 0.4) is 0 Å². The van der Waals surface area contributed by atoms with Crippen molar-refractivity contribution in [3.8, 4) is 5.75 Å². The van der Waals surface area contributed by atoms with E-state index >= 15 is 0 Å². The van der Waals surface area contributed by atoms with Gasteiger partial charge in [-0.05, 0) is 25.0 Å². The number of aryl methyl sites for hydroxylation is 1. The highest BCUT2D eigenvalue weighted by Gasteiger charge is 2.15. The number of rotatable bonds is 7. The second-order valence-electron chi connectivity index (χ2n) is 5.48. The van der Waals surface area contributed by atoms with Crippen molar-refractivity contribution in [2.75, 3.05) is 39.5 Å². The van der Waals surface area contributed by atoms with Gasteiger partial charge in [0.25, 0.3) is 0 Å². The first-order valence-electron chi connectivity index (χ1n) is 7.50. The van der Waals surface area contributed by atoms with Gasteiger partial charge in [0, 0.05) is 19.6 Å². The van der Waals surface area contributed by atoms with Gasteiger partial charge in [-0.1, -0.05) is 23.8 Å². The minimum atomic E-state index is -0.485. The summed E-state index contributed by atoms with van der Waals surface area (Å²) < 4.78 is 11.1. The quantitative estimate of drug-likeness (QED) is 0.778. The van der Waals surface area contributed by atoms with Gasteiger partial charge in [-0.15, -0.1) is 6.58 Å². The molecule has 21 heavy (non-hydrogen) atoms. The van der Waals surface area contributed by atoms with E-state index < -0.39 is 6.10 Å². The van der Waals surface area contributed by atoms with Gasteiger partial charge in [0.1, 0.15) is 18.5 Å². The predicted octanol–water partition coefficient (Wildman–Crippen LogP) is 1.80. The Morgan fingerprint density at radius 3 is 2.90 bits per heavy atom. The van der Waals surface area contributed by atoms with E-state index in [-0.39, 0.29) is 0 Å². The van der Waals surface area contributed by atoms with Crippen LogP contribution in [-0.2, 0) is 11.2 Å². The van der Waals surface area contributed by atoms with E-state index in [4.69, 9.17) is 9.47 Å². The molecular weight excluding hydrogens is 266 g/mol. The molecule has 4 heteroatoms. The number of ether oxygens (including phenoxy) is 2. The van der Waals surface area contributed by atoms with Gasteiger partial charge in [-0.2, -0.15) is 0 Å². The van der Waals surface area contributed by atoms with Crippen LogP contribution in [0.4, 0.5) is 0 Å². The molecule has 1 N–H and O–H groups in total. The summed E-state index contributed by atoms with van der Waals surface area (Å²) in [6.07, 6.45) is 2.16. The minimum Gasteiger partial charge on any atom is -0.491 e. The molecule has 1 saturated heterocycles. The predicted molar refractivity (Wildman–Crippen MR) is 83.8 cm³/mol. The van der Waals surface area contributed by atoms with E-state index in [1.54, 1.807) is 0 Å². The highest BCUT2D eigenvalue weighted by Crippen LogP contribution is 2.21. The van der Waals surface area contributed by atoms with Crippen LogP contribution in [-0.4, -0.2) is 55.6 Å². The lowest BCUT2D eigenvalue weighted by atomic mass is 10.1. The number of benzene rings is 1. The van der Waals surface area contributed by atoms with Crippen LogP contribution in [0, 0.1) is 6.92 Å². The number of morpholine rings is 1. The molecule has 0 radical (unpaired) electrons. The summed E-state index contributed by atoms with van der Waals surface area (Å²) in [5, 5.41) is 10.1. The van der Waals surface area contributed by atoms with Crippen molar-refractivity contribution in [3.05, 3.63) is 42.0 Å². The van der Waals surface area contributed by atoms with E-state index in [1.165, 1.54) is 5.56 Å². The molecule has 4 nitrogen and oxygen atoms in total. The largest absolute Gasteiger partial charge is 0.491 e. The van der Waals surface area contributed by atoms with Crippen molar-refractivity contribution < 1.29 is 14.6 Å². The molecule has 0 saturated carbocycles. The molecule has 1 fully saturated rings. The first kappa shape index (κ1) is 16.0. The van der Waals surface area contributed by atoms with E-state index in [9.17, 15) is 5.11 Å². The van der Waals surface area contributed by atoms with Gasteiger partial charge in [-0.25, -0.2) is 0 Å². The zero-order chi connectivity index (χ0) is 15.1. The molecule has 1 atom stereocenters. The van der Waals surface area contributed by atoms with Crippen molar-refractivity contribution in [2.24, 2.45) is 0 Å². The SMILES string of the molecule is C=CCc1cc(C)ccc1OC[C@@H](O)CN1CCOCC1. The topological polar surface area (TPSA) is 41.9 Å². The lowest BCUT2D eigenvalue weighted by Crippen LogP contribution is -2.42. The number of aliphatic hydroxyl groups is 1. The number of allylic oxidation sites excluding steroid dienone is 1. The summed E-state index contributed by atoms with van der Waals surface area (Å²) in [6, 6.07) is 6.09. The van der Waals surface area contributed by atoms with Crippen LogP contribution in [0.25, 0.3) is 0 Å². The molecule has 1 aromatic rings. The molecule has 1 aromatic carbocycles. The van der Waals surface area contributed by atoms with Crippen molar-refractivity contribution in [2.45, 2.75) is 19.4 Å². The third-order valence-corrected chi connectivity index (χ3v) is 3.58. The normalized spacial score (nSPS) is 17.4. The molecular formula is C17H25NO3. The molecule has 1 aliphatic rings. The number of nitrogens with zero attached hydrogens (tertiary/aromatic N) is 1. The Kier molecular flexibility index (Phi) is 6.23. The molecule has 116 valence electrons. The van der Waals surface area contributed by atoms with E-state index in [0.29, 0.717) is 13.2 Å². The van der Waals surface area contributed by atoms with Gasteiger partial charge < -0.3 is 14.6 Å². The number of hydrogen-bond donors (Lipinski definition) is 1. The molecule has 2 rings (SSSR count). The molecule has 0 amide bonds. The molecule has 0 bridgehead atoms. The third kappa shape index (κ3) is 5.16. The molecule has 0 aromatic heterocycles. The zero-order valence-electron chi connectivity index (χ0n) is 12.8. The van der Waals surface area contributed by atoms with Crippen LogP contribution in [0.5, 0.6) is 5.75 Å². The lowest BCUT2D eigenvalue weighted by Gasteiger charge is -2.28. The molecule has 1 aliphatic heterocycles. The van der Waals surface area contributed by atoms with E-state index in [1.807, 2.05) is 18.2 Å². The van der Waals surface area contributed by atoms with Crippen LogP contribution in [0.2, 0.25) is 0 Å². The van der Waals surface area contributed by atoms with E-state index in [2.05, 4.69) is 24.5 Å². The minimum absolute atomic E-state index is 0.310. The fourth-order valence-electron chi connectivity index (χ4n) is 2.48. The fraction of sp³-hybridized carbons (Fsp3) is 0.529. The molecule has 0 aliphatic carbocycles. The monoisotopic (exact) mass is 291 g/mol. The van der Waals surface area contributed by atoms with Gasteiger partial charge in [0.05, 0.1) is 13.2 Å². The summed E-state index contributed by atoms with van der Waals surface area (Å²) in [5.41, 5.74) is 2.32. The van der Waals surface area contributed by atoms with Crippen LogP contribution in [0.15, 0.2) is 30.9 Å². The summed E-state index contributed by atoms with van der Waals surface area (Å²) in [7, 11) is 0. The first-order valence-corrected chi connectivity index (χ1v) is 7.50. The van der Waals surface area contributed by atoms with Crippen LogP contribution < -0.4 is 4.74 Å². The summed E-state index contributed by atoms with van der Waals surface area (Å²) in [4.78, 5) is 2.21. The summed E-state index contributed by atoms with van der Waals surface area (Å²) in [5.74, 6) is 0.835. The van der Waals surface area contributed by atoms with Crippen molar-refractivity contribution in [1.82, 2.24) is 4.90 Å². The molecule has 1 heterocycles. The molecule has 0 spiro atoms.